The Morgan fingerprint density at radius 1 is 1.20 bits per heavy atom. The maximum Gasteiger partial charge on any atom is 0.0762 e. The number of halogens is 1. The predicted molar refractivity (Wildman–Crippen MR) is 87.1 cm³/mol. The van der Waals surface area contributed by atoms with E-state index in [0.29, 0.717) is 0 Å². The third-order valence-electron chi connectivity index (χ3n) is 5.01. The van der Waals surface area contributed by atoms with E-state index in [1.165, 1.54) is 50.8 Å². The third kappa shape index (κ3) is 2.75. The molecule has 0 aromatic heterocycles. The summed E-state index contributed by atoms with van der Waals surface area (Å²) in [7, 11) is 0. The lowest BCUT2D eigenvalue weighted by Gasteiger charge is -2.32. The van der Waals surface area contributed by atoms with Gasteiger partial charge in [0.1, 0.15) is 0 Å². The van der Waals surface area contributed by atoms with Crippen LogP contribution in [0.15, 0.2) is 22.7 Å². The summed E-state index contributed by atoms with van der Waals surface area (Å²) in [4.78, 5) is 2.60. The molecule has 1 N–H and O–H groups in total. The molecule has 0 amide bonds. The monoisotopic (exact) mass is 337 g/mol. The van der Waals surface area contributed by atoms with Crippen molar-refractivity contribution in [3.05, 3.63) is 28.2 Å². The molecule has 1 aliphatic heterocycles. The Balaban J connectivity index is 1.83. The molecule has 20 heavy (non-hydrogen) atoms. The van der Waals surface area contributed by atoms with Crippen LogP contribution in [0, 0.1) is 5.92 Å². The summed E-state index contributed by atoms with van der Waals surface area (Å²) in [6.07, 6.45) is 7.90. The lowest BCUT2D eigenvalue weighted by Crippen LogP contribution is -2.34. The van der Waals surface area contributed by atoms with Gasteiger partial charge in [-0.25, -0.2) is 0 Å². The smallest absolute Gasteiger partial charge is 0.0762 e. The molecule has 0 radical (unpaired) electrons. The number of anilines is 1. The number of benzene rings is 1. The molecule has 2 fully saturated rings. The SMILES string of the molecule is C[C@H](O)c1ccc(N2CCCC2C2CCCC2)c(Br)c1. The molecule has 0 spiro atoms. The first-order valence-electron chi connectivity index (χ1n) is 7.91. The fourth-order valence-corrected chi connectivity index (χ4v) is 4.56. The van der Waals surface area contributed by atoms with Crippen LogP contribution in [0.4, 0.5) is 5.69 Å². The lowest BCUT2D eigenvalue weighted by molar-refractivity contribution is 0.199. The quantitative estimate of drug-likeness (QED) is 0.866. The Morgan fingerprint density at radius 3 is 2.60 bits per heavy atom. The number of rotatable bonds is 3. The van der Waals surface area contributed by atoms with Gasteiger partial charge in [0, 0.05) is 17.1 Å². The van der Waals surface area contributed by atoms with Crippen molar-refractivity contribution >= 4 is 21.6 Å². The van der Waals surface area contributed by atoms with Gasteiger partial charge in [-0.2, -0.15) is 0 Å². The van der Waals surface area contributed by atoms with Crippen molar-refractivity contribution < 1.29 is 5.11 Å². The van der Waals surface area contributed by atoms with Gasteiger partial charge in [-0.15, -0.1) is 0 Å². The zero-order valence-electron chi connectivity index (χ0n) is 12.2. The van der Waals surface area contributed by atoms with Crippen LogP contribution in [0.3, 0.4) is 0 Å². The second-order valence-corrected chi connectivity index (χ2v) is 7.19. The average Bonchev–Trinajstić information content (AvgIpc) is 3.09. The molecule has 3 heteroatoms. The topological polar surface area (TPSA) is 23.5 Å². The first kappa shape index (κ1) is 14.4. The van der Waals surface area contributed by atoms with Gasteiger partial charge in [0.05, 0.1) is 11.8 Å². The van der Waals surface area contributed by atoms with Crippen molar-refractivity contribution in [1.29, 1.82) is 0 Å². The molecular weight excluding hydrogens is 314 g/mol. The first-order chi connectivity index (χ1) is 9.66. The van der Waals surface area contributed by atoms with Crippen LogP contribution in [-0.2, 0) is 0 Å². The van der Waals surface area contributed by atoms with Crippen LogP contribution in [-0.4, -0.2) is 17.7 Å². The van der Waals surface area contributed by atoms with Crippen LogP contribution in [0.1, 0.15) is 57.1 Å². The number of hydrogen-bond donors (Lipinski definition) is 1. The number of nitrogens with zero attached hydrogens (tertiary/aromatic N) is 1. The highest BCUT2D eigenvalue weighted by atomic mass is 79.9. The van der Waals surface area contributed by atoms with E-state index in [1.807, 2.05) is 6.92 Å². The summed E-state index contributed by atoms with van der Waals surface area (Å²) >= 11 is 3.71. The van der Waals surface area contributed by atoms with E-state index >= 15 is 0 Å². The minimum atomic E-state index is -0.399. The predicted octanol–water partition coefficient (Wildman–Crippen LogP) is 4.66. The van der Waals surface area contributed by atoms with Gasteiger partial charge in [-0.05, 0) is 72.2 Å². The Hall–Kier alpha value is -0.540. The summed E-state index contributed by atoms with van der Waals surface area (Å²) in [6, 6.07) is 7.05. The molecule has 1 heterocycles. The van der Waals surface area contributed by atoms with E-state index in [2.05, 4.69) is 39.0 Å². The maximum atomic E-state index is 9.69. The van der Waals surface area contributed by atoms with Gasteiger partial charge >= 0.3 is 0 Å². The average molecular weight is 338 g/mol. The second kappa shape index (κ2) is 6.07. The van der Waals surface area contributed by atoms with E-state index in [1.54, 1.807) is 0 Å². The van der Waals surface area contributed by atoms with E-state index in [0.717, 1.165) is 22.0 Å². The van der Waals surface area contributed by atoms with Gasteiger partial charge in [-0.1, -0.05) is 18.9 Å². The maximum absolute atomic E-state index is 9.69. The summed E-state index contributed by atoms with van der Waals surface area (Å²) in [5.74, 6) is 0.890. The molecule has 1 saturated carbocycles. The van der Waals surface area contributed by atoms with Crippen molar-refractivity contribution in [2.75, 3.05) is 11.4 Å². The van der Waals surface area contributed by atoms with Gasteiger partial charge in [0.2, 0.25) is 0 Å². The fourth-order valence-electron chi connectivity index (χ4n) is 3.94. The van der Waals surface area contributed by atoms with Crippen molar-refractivity contribution in [2.45, 2.75) is 57.6 Å². The van der Waals surface area contributed by atoms with Crippen LogP contribution >= 0.6 is 15.9 Å². The standard InChI is InChI=1S/C17H24BrNO/c1-12(20)14-8-9-17(15(18)11-14)19-10-4-7-16(19)13-5-2-3-6-13/h8-9,11-13,16,20H,2-7,10H2,1H3/t12-,16?/m0/s1. The van der Waals surface area contributed by atoms with Crippen molar-refractivity contribution in [1.82, 2.24) is 0 Å². The molecule has 0 bridgehead atoms. The summed E-state index contributed by atoms with van der Waals surface area (Å²) in [6.45, 7) is 2.99. The second-order valence-electron chi connectivity index (χ2n) is 6.33. The Morgan fingerprint density at radius 2 is 1.95 bits per heavy atom. The Labute approximate surface area is 130 Å². The molecule has 1 saturated heterocycles. The molecule has 1 unspecified atom stereocenters. The minimum Gasteiger partial charge on any atom is -0.389 e. The van der Waals surface area contributed by atoms with Crippen molar-refractivity contribution in [3.63, 3.8) is 0 Å². The molecule has 1 aliphatic carbocycles. The van der Waals surface area contributed by atoms with Crippen LogP contribution in [0.25, 0.3) is 0 Å². The van der Waals surface area contributed by atoms with Gasteiger partial charge in [-0.3, -0.25) is 0 Å². The fraction of sp³-hybridized carbons (Fsp3) is 0.647. The van der Waals surface area contributed by atoms with Crippen molar-refractivity contribution in [3.8, 4) is 0 Å². The highest BCUT2D eigenvalue weighted by Gasteiger charge is 2.34. The first-order valence-corrected chi connectivity index (χ1v) is 8.70. The highest BCUT2D eigenvalue weighted by molar-refractivity contribution is 9.10. The summed E-state index contributed by atoms with van der Waals surface area (Å²) < 4.78 is 1.13. The van der Waals surface area contributed by atoms with Crippen LogP contribution < -0.4 is 4.90 Å². The van der Waals surface area contributed by atoms with Crippen LogP contribution in [0.5, 0.6) is 0 Å². The zero-order valence-corrected chi connectivity index (χ0v) is 13.8. The van der Waals surface area contributed by atoms with E-state index in [9.17, 15) is 5.11 Å². The van der Waals surface area contributed by atoms with Gasteiger partial charge in [0.25, 0.3) is 0 Å². The zero-order chi connectivity index (χ0) is 14.1. The molecular formula is C17H24BrNO. The third-order valence-corrected chi connectivity index (χ3v) is 5.64. The Kier molecular flexibility index (Phi) is 4.37. The molecule has 2 nitrogen and oxygen atoms in total. The lowest BCUT2D eigenvalue weighted by atomic mass is 9.95. The molecule has 110 valence electrons. The number of aliphatic hydroxyl groups is 1. The largest absolute Gasteiger partial charge is 0.389 e. The molecule has 1 aromatic carbocycles. The minimum absolute atomic E-state index is 0.399. The number of aliphatic hydroxyl groups excluding tert-OH is 1. The summed E-state index contributed by atoms with van der Waals surface area (Å²) in [5, 5.41) is 9.69. The molecule has 3 rings (SSSR count). The highest BCUT2D eigenvalue weighted by Crippen LogP contribution is 2.40. The Bertz CT molecular complexity index is 468. The number of hydrogen-bond acceptors (Lipinski definition) is 2. The van der Waals surface area contributed by atoms with Crippen LogP contribution in [0.2, 0.25) is 0 Å². The normalized spacial score (nSPS) is 25.4. The van der Waals surface area contributed by atoms with E-state index < -0.39 is 6.10 Å². The molecule has 1 aromatic rings. The molecule has 2 atom stereocenters. The van der Waals surface area contributed by atoms with E-state index in [-0.39, 0.29) is 0 Å². The van der Waals surface area contributed by atoms with Crippen molar-refractivity contribution in [2.24, 2.45) is 5.92 Å². The van der Waals surface area contributed by atoms with E-state index in [4.69, 9.17) is 0 Å². The van der Waals surface area contributed by atoms with Gasteiger partial charge < -0.3 is 10.0 Å². The van der Waals surface area contributed by atoms with Gasteiger partial charge in [0.15, 0.2) is 0 Å². The summed E-state index contributed by atoms with van der Waals surface area (Å²) in [5.41, 5.74) is 2.29. The molecule has 2 aliphatic rings.